The van der Waals surface area contributed by atoms with Crippen LogP contribution in [0.2, 0.25) is 0 Å². The van der Waals surface area contributed by atoms with Gasteiger partial charge in [-0.15, -0.1) is 0 Å². The number of ether oxygens (including phenoxy) is 1. The van der Waals surface area contributed by atoms with Crippen molar-refractivity contribution in [3.05, 3.63) is 35.9 Å². The summed E-state index contributed by atoms with van der Waals surface area (Å²) >= 11 is 0. The molecule has 1 fully saturated rings. The van der Waals surface area contributed by atoms with Crippen LogP contribution in [-0.2, 0) is 4.74 Å². The molecule has 2 aromatic rings. The van der Waals surface area contributed by atoms with Crippen LogP contribution in [0.5, 0.6) is 0 Å². The van der Waals surface area contributed by atoms with Gasteiger partial charge in [0.2, 0.25) is 0 Å². The molecule has 5 nitrogen and oxygen atoms in total. The van der Waals surface area contributed by atoms with Gasteiger partial charge in [-0.1, -0.05) is 0 Å². The lowest BCUT2D eigenvalue weighted by Crippen LogP contribution is -2.07. The minimum atomic E-state index is -0.386. The molecule has 3 rings (SSSR count). The van der Waals surface area contributed by atoms with Gasteiger partial charge in [-0.3, -0.25) is 4.68 Å². The lowest BCUT2D eigenvalue weighted by molar-refractivity contribution is 0.0519. The molecule has 0 aromatic carbocycles. The SMILES string of the molecule is CCOC(=O)c1cc(-c2cnn(C3CC3)c2)c(C)cn1. The number of hydrogen-bond donors (Lipinski definition) is 0. The number of hydrogen-bond acceptors (Lipinski definition) is 4. The van der Waals surface area contributed by atoms with Crippen molar-refractivity contribution in [3.8, 4) is 11.1 Å². The highest BCUT2D eigenvalue weighted by molar-refractivity contribution is 5.89. The zero-order valence-corrected chi connectivity index (χ0v) is 11.7. The Bertz CT molecular complexity index is 644. The number of pyridine rings is 1. The molecule has 2 heterocycles. The van der Waals surface area contributed by atoms with Crippen molar-refractivity contribution in [1.82, 2.24) is 14.8 Å². The van der Waals surface area contributed by atoms with Crippen molar-refractivity contribution in [1.29, 1.82) is 0 Å². The summed E-state index contributed by atoms with van der Waals surface area (Å²) in [6.07, 6.45) is 7.98. The zero-order chi connectivity index (χ0) is 14.1. The van der Waals surface area contributed by atoms with Crippen LogP contribution in [0.3, 0.4) is 0 Å². The van der Waals surface area contributed by atoms with Crippen LogP contribution >= 0.6 is 0 Å². The van der Waals surface area contributed by atoms with Gasteiger partial charge < -0.3 is 4.74 Å². The summed E-state index contributed by atoms with van der Waals surface area (Å²) in [4.78, 5) is 15.9. The molecule has 0 bridgehead atoms. The summed E-state index contributed by atoms with van der Waals surface area (Å²) < 4.78 is 6.99. The summed E-state index contributed by atoms with van der Waals surface area (Å²) in [6, 6.07) is 2.33. The molecular weight excluding hydrogens is 254 g/mol. The van der Waals surface area contributed by atoms with Gasteiger partial charge >= 0.3 is 5.97 Å². The second kappa shape index (κ2) is 5.07. The molecule has 2 aromatic heterocycles. The van der Waals surface area contributed by atoms with Gasteiger partial charge in [0, 0.05) is 18.0 Å². The van der Waals surface area contributed by atoms with Gasteiger partial charge in [0.1, 0.15) is 5.69 Å². The average molecular weight is 271 g/mol. The zero-order valence-electron chi connectivity index (χ0n) is 11.7. The molecule has 0 amide bonds. The van der Waals surface area contributed by atoms with E-state index in [4.69, 9.17) is 4.74 Å². The number of nitrogens with zero attached hydrogens (tertiary/aromatic N) is 3. The molecule has 0 spiro atoms. The maximum Gasteiger partial charge on any atom is 0.356 e. The number of aromatic nitrogens is 3. The molecule has 0 radical (unpaired) electrons. The molecule has 1 aliphatic rings. The molecule has 0 saturated heterocycles. The van der Waals surface area contributed by atoms with E-state index in [0.717, 1.165) is 16.7 Å². The molecule has 104 valence electrons. The fraction of sp³-hybridized carbons (Fsp3) is 0.400. The van der Waals surface area contributed by atoms with Crippen LogP contribution in [0.25, 0.3) is 11.1 Å². The number of carbonyl (C=O) groups is 1. The van der Waals surface area contributed by atoms with Crippen molar-refractivity contribution in [2.45, 2.75) is 32.7 Å². The Morgan fingerprint density at radius 2 is 2.25 bits per heavy atom. The van der Waals surface area contributed by atoms with Crippen LogP contribution in [0.15, 0.2) is 24.7 Å². The fourth-order valence-corrected chi connectivity index (χ4v) is 2.17. The van der Waals surface area contributed by atoms with Gasteiger partial charge in [-0.25, -0.2) is 9.78 Å². The third-order valence-electron chi connectivity index (χ3n) is 3.42. The number of rotatable bonds is 4. The van der Waals surface area contributed by atoms with E-state index >= 15 is 0 Å². The highest BCUT2D eigenvalue weighted by Crippen LogP contribution is 2.35. The molecule has 0 aliphatic heterocycles. The molecule has 1 aliphatic carbocycles. The molecule has 0 N–H and O–H groups in total. The Morgan fingerprint density at radius 1 is 1.45 bits per heavy atom. The molecule has 5 heteroatoms. The van der Waals surface area contributed by atoms with Gasteiger partial charge in [-0.05, 0) is 43.9 Å². The topological polar surface area (TPSA) is 57.0 Å². The van der Waals surface area contributed by atoms with Gasteiger partial charge in [-0.2, -0.15) is 5.10 Å². The lowest BCUT2D eigenvalue weighted by atomic mass is 10.1. The Morgan fingerprint density at radius 3 is 2.95 bits per heavy atom. The van der Waals surface area contributed by atoms with E-state index in [1.807, 2.05) is 24.0 Å². The van der Waals surface area contributed by atoms with E-state index in [2.05, 4.69) is 10.1 Å². The summed E-state index contributed by atoms with van der Waals surface area (Å²) in [6.45, 7) is 4.11. The number of carbonyl (C=O) groups excluding carboxylic acids is 1. The minimum absolute atomic E-state index is 0.339. The van der Waals surface area contributed by atoms with E-state index in [1.54, 1.807) is 19.2 Å². The first-order valence-corrected chi connectivity index (χ1v) is 6.87. The second-order valence-corrected chi connectivity index (χ2v) is 5.05. The Hall–Kier alpha value is -2.17. The monoisotopic (exact) mass is 271 g/mol. The lowest BCUT2D eigenvalue weighted by Gasteiger charge is -2.06. The van der Waals surface area contributed by atoms with Crippen LogP contribution in [0.1, 0.15) is 41.9 Å². The standard InChI is InChI=1S/C15H17N3O2/c1-3-20-15(19)14-6-13(10(2)7-16-14)11-8-17-18(9-11)12-4-5-12/h6-9,12H,3-5H2,1-2H3. The normalized spacial score (nSPS) is 14.3. The van der Waals surface area contributed by atoms with Crippen molar-refractivity contribution >= 4 is 5.97 Å². The average Bonchev–Trinajstić information content (AvgIpc) is 3.18. The predicted octanol–water partition coefficient (Wildman–Crippen LogP) is 2.77. The van der Waals surface area contributed by atoms with Crippen molar-refractivity contribution in [2.24, 2.45) is 0 Å². The Kier molecular flexibility index (Phi) is 3.26. The summed E-state index contributed by atoms with van der Waals surface area (Å²) in [5.41, 5.74) is 3.36. The predicted molar refractivity (Wildman–Crippen MR) is 74.4 cm³/mol. The van der Waals surface area contributed by atoms with Crippen molar-refractivity contribution in [3.63, 3.8) is 0 Å². The third kappa shape index (κ3) is 2.43. The van der Waals surface area contributed by atoms with Crippen LogP contribution in [0, 0.1) is 6.92 Å². The Balaban J connectivity index is 1.94. The summed E-state index contributed by atoms with van der Waals surface area (Å²) in [5, 5.41) is 4.39. The molecule has 0 atom stereocenters. The summed E-state index contributed by atoms with van der Waals surface area (Å²) in [7, 11) is 0. The minimum Gasteiger partial charge on any atom is -0.461 e. The van der Waals surface area contributed by atoms with E-state index in [9.17, 15) is 4.79 Å². The Labute approximate surface area is 117 Å². The van der Waals surface area contributed by atoms with Crippen LogP contribution in [0.4, 0.5) is 0 Å². The largest absolute Gasteiger partial charge is 0.461 e. The first-order chi connectivity index (χ1) is 9.69. The molecule has 0 unspecified atom stereocenters. The second-order valence-electron chi connectivity index (χ2n) is 5.05. The third-order valence-corrected chi connectivity index (χ3v) is 3.42. The number of aryl methyl sites for hydroxylation is 1. The van der Waals surface area contributed by atoms with Crippen LogP contribution in [-0.4, -0.2) is 27.3 Å². The van der Waals surface area contributed by atoms with E-state index < -0.39 is 0 Å². The van der Waals surface area contributed by atoms with E-state index in [-0.39, 0.29) is 5.97 Å². The smallest absolute Gasteiger partial charge is 0.356 e. The molecular formula is C15H17N3O2. The maximum atomic E-state index is 11.8. The molecule has 1 saturated carbocycles. The fourth-order valence-electron chi connectivity index (χ4n) is 2.17. The van der Waals surface area contributed by atoms with Gasteiger partial charge in [0.25, 0.3) is 0 Å². The first kappa shape index (κ1) is 12.8. The van der Waals surface area contributed by atoms with Gasteiger partial charge in [0.05, 0.1) is 18.8 Å². The van der Waals surface area contributed by atoms with E-state index in [0.29, 0.717) is 18.3 Å². The van der Waals surface area contributed by atoms with Crippen molar-refractivity contribution in [2.75, 3.05) is 6.61 Å². The first-order valence-electron chi connectivity index (χ1n) is 6.87. The van der Waals surface area contributed by atoms with E-state index in [1.165, 1.54) is 12.8 Å². The highest BCUT2D eigenvalue weighted by atomic mass is 16.5. The maximum absolute atomic E-state index is 11.8. The molecule has 20 heavy (non-hydrogen) atoms. The van der Waals surface area contributed by atoms with Gasteiger partial charge in [0.15, 0.2) is 0 Å². The quantitative estimate of drug-likeness (QED) is 0.802. The highest BCUT2D eigenvalue weighted by Gasteiger charge is 2.24. The summed E-state index contributed by atoms with van der Waals surface area (Å²) in [5.74, 6) is -0.386. The van der Waals surface area contributed by atoms with Crippen LogP contribution < -0.4 is 0 Å². The number of esters is 1. The van der Waals surface area contributed by atoms with Crippen molar-refractivity contribution < 1.29 is 9.53 Å².